The van der Waals surface area contributed by atoms with E-state index in [9.17, 15) is 24.3 Å². The molecule has 1 aliphatic carbocycles. The monoisotopic (exact) mass is 490 g/mol. The van der Waals surface area contributed by atoms with Gasteiger partial charge in [-0.2, -0.15) is 0 Å². The molecule has 2 atom stereocenters. The van der Waals surface area contributed by atoms with E-state index in [4.69, 9.17) is 10.5 Å². The number of phenolic OH excluding ortho intramolecular Hbond substituents is 1. The highest BCUT2D eigenvalue weighted by Gasteiger charge is 2.44. The Morgan fingerprint density at radius 3 is 2.43 bits per heavy atom. The standard InChI is InChI=1S/C25H38N4O6/c1-5-6-7-13-27-22(32)21(16-9-8-10-18(30)14-16)29(17-11-12-17)23(33)19(15-20(26)31)28-24(34)35-25(2,3)4/h8-10,14,17,19,21,30H,5-7,11-13,15H2,1-4H3,(H2,26,31)(H,27,32)(H,28,34). The Bertz CT molecular complexity index is 909. The number of carbonyl (C=O) groups is 4. The Kier molecular flexibility index (Phi) is 9.91. The third kappa shape index (κ3) is 9.11. The molecule has 0 bridgehead atoms. The number of alkyl carbamates (subject to hydrolysis) is 1. The van der Waals surface area contributed by atoms with Gasteiger partial charge < -0.3 is 31.1 Å². The van der Waals surface area contributed by atoms with Crippen molar-refractivity contribution in [2.24, 2.45) is 5.73 Å². The topological polar surface area (TPSA) is 151 Å². The fourth-order valence-electron chi connectivity index (χ4n) is 3.72. The quantitative estimate of drug-likeness (QED) is 0.331. The zero-order chi connectivity index (χ0) is 26.2. The molecule has 0 heterocycles. The average Bonchev–Trinajstić information content (AvgIpc) is 3.57. The summed E-state index contributed by atoms with van der Waals surface area (Å²) in [5.74, 6) is -1.85. The summed E-state index contributed by atoms with van der Waals surface area (Å²) in [5, 5.41) is 15.4. The highest BCUT2D eigenvalue weighted by molar-refractivity contribution is 5.95. The number of rotatable bonds is 12. The van der Waals surface area contributed by atoms with E-state index in [1.165, 1.54) is 17.0 Å². The number of phenols is 1. The lowest BCUT2D eigenvalue weighted by molar-refractivity contribution is -0.144. The number of aromatic hydroxyl groups is 1. The fraction of sp³-hybridized carbons (Fsp3) is 0.600. The van der Waals surface area contributed by atoms with Gasteiger partial charge in [0, 0.05) is 12.6 Å². The van der Waals surface area contributed by atoms with Crippen LogP contribution in [0, 0.1) is 0 Å². The van der Waals surface area contributed by atoms with Gasteiger partial charge in [0.2, 0.25) is 17.7 Å². The first-order valence-corrected chi connectivity index (χ1v) is 12.1. The van der Waals surface area contributed by atoms with Crippen LogP contribution in [0.5, 0.6) is 5.75 Å². The first-order chi connectivity index (χ1) is 16.4. The van der Waals surface area contributed by atoms with Gasteiger partial charge in [-0.3, -0.25) is 14.4 Å². The van der Waals surface area contributed by atoms with Crippen molar-refractivity contribution in [2.75, 3.05) is 6.54 Å². The predicted molar refractivity (Wildman–Crippen MR) is 130 cm³/mol. The normalized spacial score (nSPS) is 15.0. The molecular weight excluding hydrogens is 452 g/mol. The summed E-state index contributed by atoms with van der Waals surface area (Å²) in [7, 11) is 0. The Labute approximate surface area is 206 Å². The second kappa shape index (κ2) is 12.4. The fourth-order valence-corrected chi connectivity index (χ4v) is 3.72. The number of hydrogen-bond acceptors (Lipinski definition) is 6. The zero-order valence-electron chi connectivity index (χ0n) is 21.0. The van der Waals surface area contributed by atoms with E-state index in [0.717, 1.165) is 19.3 Å². The minimum Gasteiger partial charge on any atom is -0.508 e. The Balaban J connectivity index is 2.38. The molecule has 1 saturated carbocycles. The van der Waals surface area contributed by atoms with Crippen molar-refractivity contribution in [3.63, 3.8) is 0 Å². The maximum absolute atomic E-state index is 13.7. The number of nitrogens with two attached hydrogens (primary N) is 1. The molecule has 2 rings (SSSR count). The maximum atomic E-state index is 13.7. The van der Waals surface area contributed by atoms with Gasteiger partial charge in [-0.1, -0.05) is 31.9 Å². The molecule has 1 aromatic rings. The minimum atomic E-state index is -1.31. The van der Waals surface area contributed by atoms with Crippen LogP contribution in [0.1, 0.15) is 77.8 Å². The summed E-state index contributed by atoms with van der Waals surface area (Å²) < 4.78 is 5.25. The van der Waals surface area contributed by atoms with Gasteiger partial charge in [-0.05, 0) is 57.7 Å². The first-order valence-electron chi connectivity index (χ1n) is 12.1. The summed E-state index contributed by atoms with van der Waals surface area (Å²) in [6, 6.07) is 3.54. The van der Waals surface area contributed by atoms with Crippen LogP contribution in [0.25, 0.3) is 0 Å². The minimum absolute atomic E-state index is 0.0463. The van der Waals surface area contributed by atoms with E-state index in [1.54, 1.807) is 32.9 Å². The van der Waals surface area contributed by atoms with Crippen LogP contribution in [0.15, 0.2) is 24.3 Å². The predicted octanol–water partition coefficient (Wildman–Crippen LogP) is 2.50. The molecule has 5 N–H and O–H groups in total. The number of nitrogens with zero attached hydrogens (tertiary/aromatic N) is 1. The van der Waals surface area contributed by atoms with Crippen molar-refractivity contribution in [3.8, 4) is 5.75 Å². The molecule has 2 unspecified atom stereocenters. The van der Waals surface area contributed by atoms with E-state index in [1.807, 2.05) is 0 Å². The van der Waals surface area contributed by atoms with Gasteiger partial charge in [0.25, 0.3) is 0 Å². The Hall–Kier alpha value is -3.30. The van der Waals surface area contributed by atoms with Crippen LogP contribution in [0.2, 0.25) is 0 Å². The smallest absolute Gasteiger partial charge is 0.408 e. The van der Waals surface area contributed by atoms with Crippen molar-refractivity contribution in [3.05, 3.63) is 29.8 Å². The summed E-state index contributed by atoms with van der Waals surface area (Å²) >= 11 is 0. The lowest BCUT2D eigenvalue weighted by Gasteiger charge is -2.34. The van der Waals surface area contributed by atoms with Gasteiger partial charge in [0.05, 0.1) is 6.42 Å². The van der Waals surface area contributed by atoms with Gasteiger partial charge in [-0.15, -0.1) is 0 Å². The molecule has 0 saturated heterocycles. The number of benzene rings is 1. The summed E-state index contributed by atoms with van der Waals surface area (Å²) in [6.45, 7) is 7.52. The molecule has 10 heteroatoms. The summed E-state index contributed by atoms with van der Waals surface area (Å²) in [4.78, 5) is 52.7. The molecule has 4 amide bonds. The van der Waals surface area contributed by atoms with E-state index in [-0.39, 0.29) is 11.8 Å². The Morgan fingerprint density at radius 1 is 1.20 bits per heavy atom. The highest BCUT2D eigenvalue weighted by Crippen LogP contribution is 2.36. The van der Waals surface area contributed by atoms with Crippen molar-refractivity contribution in [1.29, 1.82) is 0 Å². The number of unbranched alkanes of at least 4 members (excludes halogenated alkanes) is 2. The largest absolute Gasteiger partial charge is 0.508 e. The molecule has 0 spiro atoms. The Morgan fingerprint density at radius 2 is 1.89 bits per heavy atom. The SMILES string of the molecule is CCCCCNC(=O)C(c1cccc(O)c1)N(C(=O)C(CC(N)=O)NC(=O)OC(C)(C)C)C1CC1. The second-order valence-corrected chi connectivity index (χ2v) is 9.84. The molecule has 1 aromatic carbocycles. The summed E-state index contributed by atoms with van der Waals surface area (Å²) in [5.41, 5.74) is 4.98. The molecule has 10 nitrogen and oxygen atoms in total. The molecule has 194 valence electrons. The summed E-state index contributed by atoms with van der Waals surface area (Å²) in [6.07, 6.45) is 2.74. The molecule has 35 heavy (non-hydrogen) atoms. The highest BCUT2D eigenvalue weighted by atomic mass is 16.6. The van der Waals surface area contributed by atoms with E-state index in [0.29, 0.717) is 24.9 Å². The molecule has 0 radical (unpaired) electrons. The maximum Gasteiger partial charge on any atom is 0.408 e. The van der Waals surface area contributed by atoms with Crippen molar-refractivity contribution in [2.45, 2.75) is 89.9 Å². The van der Waals surface area contributed by atoms with Crippen LogP contribution >= 0.6 is 0 Å². The number of primary amides is 1. The van der Waals surface area contributed by atoms with Crippen LogP contribution < -0.4 is 16.4 Å². The van der Waals surface area contributed by atoms with Crippen molar-refractivity contribution in [1.82, 2.24) is 15.5 Å². The molecule has 1 fully saturated rings. The molecule has 1 aliphatic rings. The lowest BCUT2D eigenvalue weighted by Crippen LogP contribution is -2.54. The van der Waals surface area contributed by atoms with E-state index in [2.05, 4.69) is 17.6 Å². The number of carbonyl (C=O) groups excluding carboxylic acids is 4. The van der Waals surface area contributed by atoms with Gasteiger partial charge in [0.15, 0.2) is 0 Å². The third-order valence-corrected chi connectivity index (χ3v) is 5.38. The lowest BCUT2D eigenvalue weighted by atomic mass is 10.0. The van der Waals surface area contributed by atoms with Crippen LogP contribution in [-0.4, -0.2) is 58.1 Å². The average molecular weight is 491 g/mol. The van der Waals surface area contributed by atoms with Gasteiger partial charge >= 0.3 is 6.09 Å². The number of amides is 4. The molecule has 0 aromatic heterocycles. The van der Waals surface area contributed by atoms with E-state index < -0.39 is 47.9 Å². The van der Waals surface area contributed by atoms with Crippen LogP contribution in [0.3, 0.4) is 0 Å². The van der Waals surface area contributed by atoms with Crippen molar-refractivity contribution >= 4 is 23.8 Å². The van der Waals surface area contributed by atoms with Crippen molar-refractivity contribution < 1.29 is 29.0 Å². The van der Waals surface area contributed by atoms with Gasteiger partial charge in [-0.25, -0.2) is 4.79 Å². The zero-order valence-corrected chi connectivity index (χ0v) is 21.0. The van der Waals surface area contributed by atoms with Crippen LogP contribution in [0.4, 0.5) is 4.79 Å². The number of ether oxygens (including phenoxy) is 1. The third-order valence-electron chi connectivity index (χ3n) is 5.38. The van der Waals surface area contributed by atoms with E-state index >= 15 is 0 Å². The first kappa shape index (κ1) is 27.9. The number of nitrogens with one attached hydrogen (secondary N) is 2. The molecular formula is C25H38N4O6. The second-order valence-electron chi connectivity index (χ2n) is 9.84. The molecule has 0 aliphatic heterocycles. The van der Waals surface area contributed by atoms with Gasteiger partial charge in [0.1, 0.15) is 23.4 Å². The number of hydrogen-bond donors (Lipinski definition) is 4. The van der Waals surface area contributed by atoms with Crippen LogP contribution in [-0.2, 0) is 19.1 Å².